The third-order valence-electron chi connectivity index (χ3n) is 5.39. The van der Waals surface area contributed by atoms with Gasteiger partial charge in [-0.05, 0) is 64.9 Å². The molecule has 8 heteroatoms. The fourth-order valence-electron chi connectivity index (χ4n) is 3.70. The molecule has 0 atom stereocenters. The Balaban J connectivity index is 1.37. The highest BCUT2D eigenvalue weighted by atomic mass is 79.9. The van der Waals surface area contributed by atoms with Crippen LogP contribution < -0.4 is 11.3 Å². The van der Waals surface area contributed by atoms with Crippen LogP contribution in [0.5, 0.6) is 0 Å². The average molecular weight is 494 g/mol. The molecule has 2 aromatic carbocycles. The molecular weight excluding hydrogens is 470 g/mol. The number of nitrogen functional groups attached to an aromatic ring is 1. The Labute approximate surface area is 193 Å². The van der Waals surface area contributed by atoms with Crippen molar-refractivity contribution in [3.8, 4) is 0 Å². The van der Waals surface area contributed by atoms with Crippen LogP contribution in [0.2, 0.25) is 0 Å². The summed E-state index contributed by atoms with van der Waals surface area (Å²) in [5, 5.41) is 0. The number of ketones is 1. The molecule has 0 fully saturated rings. The van der Waals surface area contributed by atoms with E-state index in [9.17, 15) is 9.59 Å². The van der Waals surface area contributed by atoms with Crippen LogP contribution in [0, 0.1) is 0 Å². The molecule has 4 rings (SSSR count). The summed E-state index contributed by atoms with van der Waals surface area (Å²) >= 11 is 3.37. The Morgan fingerprint density at radius 3 is 2.69 bits per heavy atom. The second kappa shape index (κ2) is 9.91. The molecule has 0 unspecified atom stereocenters. The molecule has 3 N–H and O–H groups in total. The lowest BCUT2D eigenvalue weighted by Crippen LogP contribution is -2.29. The lowest BCUT2D eigenvalue weighted by atomic mass is 10.1. The number of carbonyl (C=O) groups is 1. The van der Waals surface area contributed by atoms with E-state index in [2.05, 4.69) is 43.0 Å². The van der Waals surface area contributed by atoms with E-state index < -0.39 is 0 Å². The number of fused-ring (bicyclic) bond motifs is 1. The van der Waals surface area contributed by atoms with E-state index in [1.165, 1.54) is 10.1 Å². The highest BCUT2D eigenvalue weighted by Crippen LogP contribution is 2.16. The Bertz CT molecular complexity index is 1300. The van der Waals surface area contributed by atoms with E-state index in [1.54, 1.807) is 6.20 Å². The van der Waals surface area contributed by atoms with Crippen LogP contribution in [0.4, 0.5) is 5.95 Å². The molecule has 4 aromatic rings. The Hall–Kier alpha value is -3.26. The molecule has 2 aromatic heterocycles. The summed E-state index contributed by atoms with van der Waals surface area (Å²) < 4.78 is 1.98. The standard InChI is InChI=1S/C24H24BrN5O2/c25-22-14-27-20(8-4-7-16-5-2-1-3-6-16)23(32)30(22)15-18(31)11-9-17-10-12-19-21(13-17)29-24(26)28-19/h1-3,5-6,10,12-14H,4,7-9,11,15H2,(H3,26,28,29). The number of hydrogen-bond donors (Lipinski definition) is 2. The van der Waals surface area contributed by atoms with Crippen LogP contribution in [0.25, 0.3) is 11.0 Å². The molecule has 0 aliphatic rings. The van der Waals surface area contributed by atoms with Gasteiger partial charge in [0.2, 0.25) is 0 Å². The number of nitrogens with one attached hydrogen (secondary N) is 1. The number of benzene rings is 2. The first-order chi connectivity index (χ1) is 15.5. The number of imidazole rings is 1. The van der Waals surface area contributed by atoms with Crippen molar-refractivity contribution >= 4 is 38.7 Å². The van der Waals surface area contributed by atoms with Crippen molar-refractivity contribution < 1.29 is 4.79 Å². The van der Waals surface area contributed by atoms with Crippen LogP contribution in [-0.4, -0.2) is 25.3 Å². The highest BCUT2D eigenvalue weighted by molar-refractivity contribution is 9.10. The number of anilines is 1. The number of carbonyl (C=O) groups excluding carboxylic acids is 1. The van der Waals surface area contributed by atoms with Crippen LogP contribution in [0.3, 0.4) is 0 Å². The maximum atomic E-state index is 12.9. The number of Topliss-reactive ketones (excluding diaryl/α,β-unsaturated/α-hetero) is 1. The van der Waals surface area contributed by atoms with Gasteiger partial charge in [-0.1, -0.05) is 36.4 Å². The van der Waals surface area contributed by atoms with Gasteiger partial charge >= 0.3 is 0 Å². The molecule has 0 saturated carbocycles. The molecule has 0 spiro atoms. The second-order valence-electron chi connectivity index (χ2n) is 7.77. The van der Waals surface area contributed by atoms with Crippen molar-refractivity contribution in [2.45, 2.75) is 38.6 Å². The van der Waals surface area contributed by atoms with Crippen molar-refractivity contribution in [3.05, 3.63) is 86.5 Å². The minimum atomic E-state index is -0.213. The van der Waals surface area contributed by atoms with Gasteiger partial charge in [0.05, 0.1) is 23.8 Å². The minimum absolute atomic E-state index is 0.0153. The number of halogens is 1. The quantitative estimate of drug-likeness (QED) is 0.368. The van der Waals surface area contributed by atoms with E-state index in [0.29, 0.717) is 35.5 Å². The Morgan fingerprint density at radius 2 is 1.88 bits per heavy atom. The molecule has 32 heavy (non-hydrogen) atoms. The number of nitrogens with two attached hydrogens (primary N) is 1. The van der Waals surface area contributed by atoms with Gasteiger partial charge in [0.15, 0.2) is 11.7 Å². The van der Waals surface area contributed by atoms with Gasteiger partial charge in [-0.2, -0.15) is 0 Å². The van der Waals surface area contributed by atoms with Gasteiger partial charge in [-0.25, -0.2) is 4.98 Å². The summed E-state index contributed by atoms with van der Waals surface area (Å²) in [5.74, 6) is 0.355. The lowest BCUT2D eigenvalue weighted by molar-refractivity contribution is -0.119. The number of aromatic nitrogens is 4. The van der Waals surface area contributed by atoms with Gasteiger partial charge in [-0.3, -0.25) is 19.1 Å². The maximum Gasteiger partial charge on any atom is 0.273 e. The molecule has 0 aliphatic heterocycles. The summed E-state index contributed by atoms with van der Waals surface area (Å²) in [7, 11) is 0. The third-order valence-corrected chi connectivity index (χ3v) is 6.02. The third kappa shape index (κ3) is 5.31. The molecule has 2 heterocycles. The predicted molar refractivity (Wildman–Crippen MR) is 128 cm³/mol. The topological polar surface area (TPSA) is 107 Å². The second-order valence-corrected chi connectivity index (χ2v) is 8.58. The first-order valence-electron chi connectivity index (χ1n) is 10.5. The predicted octanol–water partition coefficient (Wildman–Crippen LogP) is 3.84. The first kappa shape index (κ1) is 22.0. The molecule has 0 radical (unpaired) electrons. The largest absolute Gasteiger partial charge is 0.369 e. The summed E-state index contributed by atoms with van der Waals surface area (Å²) in [4.78, 5) is 37.0. The Morgan fingerprint density at radius 1 is 1.06 bits per heavy atom. The fraction of sp³-hybridized carbons (Fsp3) is 0.250. The van der Waals surface area contributed by atoms with Gasteiger partial charge in [0, 0.05) is 6.42 Å². The number of hydrogen-bond acceptors (Lipinski definition) is 5. The minimum Gasteiger partial charge on any atom is -0.369 e. The molecule has 0 amide bonds. The van der Waals surface area contributed by atoms with Gasteiger partial charge in [0.25, 0.3) is 5.56 Å². The molecule has 0 aliphatic carbocycles. The lowest BCUT2D eigenvalue weighted by Gasteiger charge is -2.10. The zero-order valence-corrected chi connectivity index (χ0v) is 19.1. The number of aryl methyl sites for hydroxylation is 3. The van der Waals surface area contributed by atoms with E-state index in [-0.39, 0.29) is 17.9 Å². The normalized spacial score (nSPS) is 11.2. The zero-order valence-electron chi connectivity index (χ0n) is 17.6. The van der Waals surface area contributed by atoms with Crippen molar-refractivity contribution in [3.63, 3.8) is 0 Å². The van der Waals surface area contributed by atoms with E-state index in [0.717, 1.165) is 29.4 Å². The molecule has 0 bridgehead atoms. The summed E-state index contributed by atoms with van der Waals surface area (Å²) in [6, 6.07) is 15.9. The Kier molecular flexibility index (Phi) is 6.80. The van der Waals surface area contributed by atoms with Crippen LogP contribution in [0.15, 0.2) is 64.1 Å². The number of nitrogens with zero attached hydrogens (tertiary/aromatic N) is 3. The fourth-order valence-corrected chi connectivity index (χ4v) is 4.09. The van der Waals surface area contributed by atoms with Crippen LogP contribution in [0.1, 0.15) is 29.7 Å². The van der Waals surface area contributed by atoms with E-state index >= 15 is 0 Å². The number of aromatic amines is 1. The molecule has 7 nitrogen and oxygen atoms in total. The molecule has 0 saturated heterocycles. The highest BCUT2D eigenvalue weighted by Gasteiger charge is 2.13. The monoisotopic (exact) mass is 493 g/mol. The maximum absolute atomic E-state index is 12.9. The summed E-state index contributed by atoms with van der Waals surface area (Å²) in [6.45, 7) is 0.0207. The van der Waals surface area contributed by atoms with Crippen molar-refractivity contribution in [2.75, 3.05) is 5.73 Å². The van der Waals surface area contributed by atoms with Gasteiger partial charge in [-0.15, -0.1) is 0 Å². The summed E-state index contributed by atoms with van der Waals surface area (Å²) in [5.41, 5.74) is 9.85. The smallest absolute Gasteiger partial charge is 0.273 e. The van der Waals surface area contributed by atoms with Gasteiger partial charge in [0.1, 0.15) is 10.3 Å². The SMILES string of the molecule is Nc1nc2ccc(CCC(=O)Cn3c(Br)cnc(CCCc4ccccc4)c3=O)cc2[nH]1. The first-order valence-corrected chi connectivity index (χ1v) is 11.3. The zero-order chi connectivity index (χ0) is 22.5. The van der Waals surface area contributed by atoms with E-state index in [1.807, 2.05) is 36.4 Å². The molecule has 164 valence electrons. The summed E-state index contributed by atoms with van der Waals surface area (Å²) in [6.07, 6.45) is 4.78. The number of rotatable bonds is 9. The number of H-pyrrole nitrogens is 1. The van der Waals surface area contributed by atoms with E-state index in [4.69, 9.17) is 5.73 Å². The van der Waals surface area contributed by atoms with Crippen molar-refractivity contribution in [1.82, 2.24) is 19.5 Å². The average Bonchev–Trinajstić information content (AvgIpc) is 3.16. The van der Waals surface area contributed by atoms with Crippen LogP contribution in [-0.2, 0) is 30.6 Å². The molecular formula is C24H24BrN5O2. The van der Waals surface area contributed by atoms with Crippen LogP contribution >= 0.6 is 15.9 Å². The van der Waals surface area contributed by atoms with Gasteiger partial charge < -0.3 is 10.7 Å². The van der Waals surface area contributed by atoms with Crippen molar-refractivity contribution in [1.29, 1.82) is 0 Å². The van der Waals surface area contributed by atoms with Crippen molar-refractivity contribution in [2.24, 2.45) is 0 Å².